The van der Waals surface area contributed by atoms with Gasteiger partial charge in [-0.15, -0.1) is 0 Å². The molecule has 0 aliphatic rings. The second kappa shape index (κ2) is 2.75. The van der Waals surface area contributed by atoms with Gasteiger partial charge in [-0.05, 0) is 12.1 Å². The first kappa shape index (κ1) is 7.88. The number of fused-ring (bicyclic) bond motifs is 2. The number of nitriles is 1. The Bertz CT molecular complexity index is 692. The molecule has 15 heavy (non-hydrogen) atoms. The van der Waals surface area contributed by atoms with Gasteiger partial charge in [-0.1, -0.05) is 6.07 Å². The fraction of sp³-hybridized carbons (Fsp3) is 0. The van der Waals surface area contributed by atoms with Crippen LogP contribution in [0.25, 0.3) is 22.3 Å². The van der Waals surface area contributed by atoms with Gasteiger partial charge in [0.1, 0.15) is 11.6 Å². The van der Waals surface area contributed by atoms with Crippen molar-refractivity contribution >= 4 is 22.3 Å². The summed E-state index contributed by atoms with van der Waals surface area (Å²) >= 11 is 0. The number of nitrogens with one attached hydrogen (secondary N) is 1. The number of nitrogens with zero attached hydrogens (tertiary/aromatic N) is 4. The average Bonchev–Trinajstić information content (AvgIpc) is 2.72. The van der Waals surface area contributed by atoms with Gasteiger partial charge in [-0.3, -0.25) is 0 Å². The topological polar surface area (TPSA) is 78.2 Å². The molecule has 5 nitrogen and oxygen atoms in total. The molecule has 2 aromatic heterocycles. The predicted octanol–water partition coefficient (Wildman–Crippen LogP) is 1.38. The van der Waals surface area contributed by atoms with Gasteiger partial charge in [0.2, 0.25) is 0 Å². The Labute approximate surface area is 84.4 Å². The Balaban J connectivity index is 2.55. The molecule has 0 bridgehead atoms. The minimum Gasteiger partial charge on any atom is -0.328 e. The molecule has 3 aromatic rings. The summed E-state index contributed by atoms with van der Waals surface area (Å²) in [5.41, 5.74) is 2.98. The lowest BCUT2D eigenvalue weighted by molar-refractivity contribution is 1.32. The molecule has 0 unspecified atom stereocenters. The summed E-state index contributed by atoms with van der Waals surface area (Å²) in [5.74, 6) is 0. The maximum atomic E-state index is 8.91. The summed E-state index contributed by atoms with van der Waals surface area (Å²) < 4.78 is 0. The molecule has 0 spiro atoms. The van der Waals surface area contributed by atoms with Gasteiger partial charge in [-0.25, -0.2) is 15.0 Å². The highest BCUT2D eigenvalue weighted by molar-refractivity contribution is 5.86. The predicted molar refractivity (Wildman–Crippen MR) is 53.9 cm³/mol. The van der Waals surface area contributed by atoms with Gasteiger partial charge in [-0.2, -0.15) is 5.26 Å². The number of aromatic amines is 1. The molecule has 5 heteroatoms. The molecule has 70 valence electrons. The second-order valence-corrected chi connectivity index (χ2v) is 3.08. The van der Waals surface area contributed by atoms with Crippen molar-refractivity contribution in [3.05, 3.63) is 30.1 Å². The van der Waals surface area contributed by atoms with Crippen molar-refractivity contribution in [2.24, 2.45) is 0 Å². The number of aromatic nitrogens is 4. The van der Waals surface area contributed by atoms with E-state index in [1.165, 1.54) is 6.33 Å². The van der Waals surface area contributed by atoms with Crippen LogP contribution in [0.3, 0.4) is 0 Å². The molecule has 0 radical (unpaired) electrons. The molecule has 1 N–H and O–H groups in total. The first-order valence-electron chi connectivity index (χ1n) is 4.38. The fourth-order valence-corrected chi connectivity index (χ4v) is 1.50. The molecule has 0 saturated carbocycles. The number of H-pyrrole nitrogens is 1. The highest BCUT2D eigenvalue weighted by Gasteiger charge is 2.06. The maximum absolute atomic E-state index is 8.91. The van der Waals surface area contributed by atoms with E-state index in [1.54, 1.807) is 12.1 Å². The molecule has 0 saturated heterocycles. The normalized spacial score (nSPS) is 10.6. The molecular formula is C10H5N5. The van der Waals surface area contributed by atoms with Crippen LogP contribution in [0.5, 0.6) is 0 Å². The van der Waals surface area contributed by atoms with Crippen molar-refractivity contribution in [2.45, 2.75) is 0 Å². The number of para-hydroxylation sites is 1. The van der Waals surface area contributed by atoms with Crippen molar-refractivity contribution in [2.75, 3.05) is 0 Å². The molecule has 1 aromatic carbocycles. The highest BCUT2D eigenvalue weighted by atomic mass is 15.0. The van der Waals surface area contributed by atoms with E-state index in [0.717, 1.165) is 0 Å². The third-order valence-electron chi connectivity index (χ3n) is 2.19. The van der Waals surface area contributed by atoms with Crippen molar-refractivity contribution in [3.8, 4) is 6.07 Å². The minimum absolute atomic E-state index is 0.518. The number of benzene rings is 1. The standard InChI is InChI=1S/C10H5N5/c11-4-6-2-1-3-7-8(6)15-10-9(14-7)12-5-13-10/h1-3,5H,(H,12,13,14,15). The van der Waals surface area contributed by atoms with Crippen LogP contribution < -0.4 is 0 Å². The highest BCUT2D eigenvalue weighted by Crippen LogP contribution is 2.16. The maximum Gasteiger partial charge on any atom is 0.197 e. The van der Waals surface area contributed by atoms with E-state index in [9.17, 15) is 0 Å². The second-order valence-electron chi connectivity index (χ2n) is 3.08. The first-order chi connectivity index (χ1) is 7.38. The Morgan fingerprint density at radius 1 is 1.27 bits per heavy atom. The fourth-order valence-electron chi connectivity index (χ4n) is 1.50. The van der Waals surface area contributed by atoms with Gasteiger partial charge in [0, 0.05) is 0 Å². The Morgan fingerprint density at radius 2 is 2.20 bits per heavy atom. The van der Waals surface area contributed by atoms with Gasteiger partial charge in [0.15, 0.2) is 11.3 Å². The van der Waals surface area contributed by atoms with Crippen molar-refractivity contribution < 1.29 is 0 Å². The summed E-state index contributed by atoms with van der Waals surface area (Å²) in [7, 11) is 0. The molecule has 0 fully saturated rings. The number of hydrogen-bond acceptors (Lipinski definition) is 4. The van der Waals surface area contributed by atoms with E-state index >= 15 is 0 Å². The van der Waals surface area contributed by atoms with Crippen LogP contribution >= 0.6 is 0 Å². The zero-order valence-corrected chi connectivity index (χ0v) is 7.60. The SMILES string of the molecule is N#Cc1cccc2nc3[nH]cnc3nc12. The van der Waals surface area contributed by atoms with E-state index in [4.69, 9.17) is 5.26 Å². The van der Waals surface area contributed by atoms with E-state index in [2.05, 4.69) is 26.0 Å². The molecule has 0 aliphatic heterocycles. The van der Waals surface area contributed by atoms with Crippen molar-refractivity contribution in [1.29, 1.82) is 5.26 Å². The van der Waals surface area contributed by atoms with Crippen LogP contribution in [-0.4, -0.2) is 19.9 Å². The monoisotopic (exact) mass is 195 g/mol. The van der Waals surface area contributed by atoms with E-state index in [0.29, 0.717) is 27.9 Å². The molecule has 0 aliphatic carbocycles. The zero-order valence-electron chi connectivity index (χ0n) is 7.60. The van der Waals surface area contributed by atoms with E-state index in [1.807, 2.05) is 6.07 Å². The third kappa shape index (κ3) is 1.05. The summed E-state index contributed by atoms with van der Waals surface area (Å²) in [6, 6.07) is 7.42. The van der Waals surface area contributed by atoms with Crippen LogP contribution in [0.2, 0.25) is 0 Å². The van der Waals surface area contributed by atoms with Crippen LogP contribution in [0.1, 0.15) is 5.56 Å². The summed E-state index contributed by atoms with van der Waals surface area (Å²) in [6.07, 6.45) is 1.54. The van der Waals surface area contributed by atoms with E-state index < -0.39 is 0 Å². The van der Waals surface area contributed by atoms with Gasteiger partial charge >= 0.3 is 0 Å². The average molecular weight is 195 g/mol. The van der Waals surface area contributed by atoms with E-state index in [-0.39, 0.29) is 0 Å². The number of rotatable bonds is 0. The lowest BCUT2D eigenvalue weighted by Crippen LogP contribution is -1.89. The van der Waals surface area contributed by atoms with Gasteiger partial charge in [0.25, 0.3) is 0 Å². The summed E-state index contributed by atoms with van der Waals surface area (Å²) in [4.78, 5) is 15.5. The lowest BCUT2D eigenvalue weighted by atomic mass is 10.2. The van der Waals surface area contributed by atoms with Gasteiger partial charge < -0.3 is 4.98 Å². The Hall–Kier alpha value is -2.48. The van der Waals surface area contributed by atoms with Gasteiger partial charge in [0.05, 0.1) is 17.4 Å². The largest absolute Gasteiger partial charge is 0.328 e. The molecule has 3 rings (SSSR count). The molecule has 0 amide bonds. The number of imidazole rings is 1. The summed E-state index contributed by atoms with van der Waals surface area (Å²) in [6.45, 7) is 0. The van der Waals surface area contributed by atoms with Crippen molar-refractivity contribution in [3.63, 3.8) is 0 Å². The Kier molecular flexibility index (Phi) is 1.45. The number of hydrogen-bond donors (Lipinski definition) is 1. The quantitative estimate of drug-likeness (QED) is 0.587. The molecule has 2 heterocycles. The smallest absolute Gasteiger partial charge is 0.197 e. The minimum atomic E-state index is 0.518. The molecular weight excluding hydrogens is 190 g/mol. The Morgan fingerprint density at radius 3 is 3.07 bits per heavy atom. The zero-order chi connectivity index (χ0) is 10.3. The van der Waals surface area contributed by atoms with Crippen molar-refractivity contribution in [1.82, 2.24) is 19.9 Å². The van der Waals surface area contributed by atoms with Crippen LogP contribution in [-0.2, 0) is 0 Å². The van der Waals surface area contributed by atoms with Crippen LogP contribution in [0.4, 0.5) is 0 Å². The van der Waals surface area contributed by atoms with Crippen LogP contribution in [0.15, 0.2) is 24.5 Å². The summed E-state index contributed by atoms with van der Waals surface area (Å²) in [5, 5.41) is 8.91. The van der Waals surface area contributed by atoms with Crippen LogP contribution in [0, 0.1) is 11.3 Å². The molecule has 0 atom stereocenters. The first-order valence-corrected chi connectivity index (χ1v) is 4.38. The lowest BCUT2D eigenvalue weighted by Gasteiger charge is -1.97. The third-order valence-corrected chi connectivity index (χ3v) is 2.19.